The Kier molecular flexibility index (Phi) is 3.94. The molecule has 5 heteroatoms. The number of unbranched alkanes of at least 4 members (excludes halogenated alkanes) is 1. The summed E-state index contributed by atoms with van der Waals surface area (Å²) in [7, 11) is 0. The van der Waals surface area contributed by atoms with Gasteiger partial charge in [-0.25, -0.2) is 9.78 Å². The van der Waals surface area contributed by atoms with E-state index in [0.717, 1.165) is 30.5 Å². The van der Waals surface area contributed by atoms with Crippen molar-refractivity contribution in [3.8, 4) is 11.1 Å². The van der Waals surface area contributed by atoms with Crippen molar-refractivity contribution in [2.24, 2.45) is 0 Å². The molecule has 0 unspecified atom stereocenters. The molecule has 0 saturated heterocycles. The Morgan fingerprint density at radius 2 is 2.16 bits per heavy atom. The van der Waals surface area contributed by atoms with E-state index in [2.05, 4.69) is 17.0 Å². The Balaban J connectivity index is 2.24. The molecule has 0 aliphatic carbocycles. The van der Waals surface area contributed by atoms with Gasteiger partial charge >= 0.3 is 5.97 Å². The lowest BCUT2D eigenvalue weighted by Gasteiger charge is -2.02. The van der Waals surface area contributed by atoms with Gasteiger partial charge in [0.05, 0.1) is 6.20 Å². The molecule has 0 amide bonds. The average Bonchev–Trinajstić information content (AvgIpc) is 2.84. The molecular weight excluding hydrogens is 242 g/mol. The molecule has 5 nitrogen and oxygen atoms in total. The Morgan fingerprint density at radius 3 is 2.79 bits per heavy atom. The van der Waals surface area contributed by atoms with Gasteiger partial charge < -0.3 is 5.11 Å². The minimum Gasteiger partial charge on any atom is -0.477 e. The summed E-state index contributed by atoms with van der Waals surface area (Å²) in [5.74, 6) is -0.998. The Morgan fingerprint density at radius 1 is 1.37 bits per heavy atom. The van der Waals surface area contributed by atoms with Crippen LogP contribution in [-0.4, -0.2) is 25.8 Å². The van der Waals surface area contributed by atoms with Crippen molar-refractivity contribution in [3.63, 3.8) is 0 Å². The van der Waals surface area contributed by atoms with E-state index in [4.69, 9.17) is 5.11 Å². The molecule has 0 bridgehead atoms. The van der Waals surface area contributed by atoms with Crippen LogP contribution in [0.2, 0.25) is 0 Å². The van der Waals surface area contributed by atoms with Gasteiger partial charge in [0, 0.05) is 30.1 Å². The Bertz CT molecular complexity index is 590. The third-order valence-corrected chi connectivity index (χ3v) is 2.99. The third-order valence-electron chi connectivity index (χ3n) is 2.99. The molecule has 2 heterocycles. The molecule has 1 N–H and O–H groups in total. The van der Waals surface area contributed by atoms with Crippen molar-refractivity contribution in [1.82, 2.24) is 14.8 Å². The number of aromatic nitrogens is 3. The molecule has 0 aliphatic rings. The molecule has 0 aliphatic heterocycles. The molecule has 0 spiro atoms. The third kappa shape index (κ3) is 2.99. The lowest BCUT2D eigenvalue weighted by Crippen LogP contribution is -2.03. The first-order valence-corrected chi connectivity index (χ1v) is 6.34. The minimum atomic E-state index is -0.998. The second-order valence-corrected chi connectivity index (χ2v) is 4.54. The number of carbonyl (C=O) groups is 1. The molecule has 0 radical (unpaired) electrons. The average molecular weight is 259 g/mol. The summed E-state index contributed by atoms with van der Waals surface area (Å²) in [5, 5.41) is 13.2. The summed E-state index contributed by atoms with van der Waals surface area (Å²) in [5.41, 5.74) is 2.61. The zero-order chi connectivity index (χ0) is 13.8. The van der Waals surface area contributed by atoms with Crippen molar-refractivity contribution < 1.29 is 9.90 Å². The monoisotopic (exact) mass is 259 g/mol. The highest BCUT2D eigenvalue weighted by molar-refractivity contribution is 5.87. The fourth-order valence-corrected chi connectivity index (χ4v) is 1.91. The number of hydrogen-bond donors (Lipinski definition) is 1. The van der Waals surface area contributed by atoms with Gasteiger partial charge in [-0.15, -0.1) is 0 Å². The van der Waals surface area contributed by atoms with Crippen LogP contribution in [0.25, 0.3) is 11.1 Å². The highest BCUT2D eigenvalue weighted by Crippen LogP contribution is 2.20. The maximum Gasteiger partial charge on any atom is 0.354 e. The van der Waals surface area contributed by atoms with Crippen LogP contribution in [0, 0.1) is 6.92 Å². The SMILES string of the molecule is CCCCn1cc(-c2cnc(C(=O)O)c(C)c2)cn1. The molecule has 2 rings (SSSR count). The van der Waals surface area contributed by atoms with Gasteiger partial charge in [0.2, 0.25) is 0 Å². The highest BCUT2D eigenvalue weighted by Gasteiger charge is 2.10. The van der Waals surface area contributed by atoms with E-state index in [1.807, 2.05) is 16.9 Å². The first-order valence-electron chi connectivity index (χ1n) is 6.34. The highest BCUT2D eigenvalue weighted by atomic mass is 16.4. The zero-order valence-electron chi connectivity index (χ0n) is 11.1. The number of carboxylic acids is 1. The smallest absolute Gasteiger partial charge is 0.354 e. The number of carboxylic acid groups (broad SMARTS) is 1. The maximum atomic E-state index is 10.9. The van der Waals surface area contributed by atoms with Crippen molar-refractivity contribution in [3.05, 3.63) is 35.9 Å². The summed E-state index contributed by atoms with van der Waals surface area (Å²) in [6.07, 6.45) is 7.55. The number of hydrogen-bond acceptors (Lipinski definition) is 3. The van der Waals surface area contributed by atoms with Crippen molar-refractivity contribution in [2.75, 3.05) is 0 Å². The summed E-state index contributed by atoms with van der Waals surface area (Å²) < 4.78 is 1.90. The van der Waals surface area contributed by atoms with E-state index in [1.54, 1.807) is 19.3 Å². The minimum absolute atomic E-state index is 0.0992. The van der Waals surface area contributed by atoms with Gasteiger partial charge in [-0.1, -0.05) is 13.3 Å². The van der Waals surface area contributed by atoms with Gasteiger partial charge in [0.1, 0.15) is 0 Å². The second-order valence-electron chi connectivity index (χ2n) is 4.54. The van der Waals surface area contributed by atoms with Gasteiger partial charge in [-0.2, -0.15) is 5.10 Å². The van der Waals surface area contributed by atoms with Gasteiger partial charge in [-0.3, -0.25) is 4.68 Å². The number of aryl methyl sites for hydroxylation is 2. The maximum absolute atomic E-state index is 10.9. The first kappa shape index (κ1) is 13.3. The number of aromatic carboxylic acids is 1. The van der Waals surface area contributed by atoms with Gasteiger partial charge in [0.15, 0.2) is 5.69 Å². The lowest BCUT2D eigenvalue weighted by atomic mass is 10.1. The van der Waals surface area contributed by atoms with E-state index in [-0.39, 0.29) is 5.69 Å². The number of rotatable bonds is 5. The Labute approximate surface area is 111 Å². The predicted octanol–water partition coefficient (Wildman–Crippen LogP) is 2.75. The van der Waals surface area contributed by atoms with Crippen molar-refractivity contribution in [2.45, 2.75) is 33.2 Å². The normalized spacial score (nSPS) is 10.6. The van der Waals surface area contributed by atoms with E-state index in [1.165, 1.54) is 0 Å². The fraction of sp³-hybridized carbons (Fsp3) is 0.357. The molecule has 0 fully saturated rings. The largest absolute Gasteiger partial charge is 0.477 e. The Hall–Kier alpha value is -2.17. The number of nitrogens with zero attached hydrogens (tertiary/aromatic N) is 3. The van der Waals surface area contributed by atoms with E-state index in [0.29, 0.717) is 5.56 Å². The van der Waals surface area contributed by atoms with Crippen LogP contribution >= 0.6 is 0 Å². The summed E-state index contributed by atoms with van der Waals surface area (Å²) in [4.78, 5) is 14.9. The zero-order valence-corrected chi connectivity index (χ0v) is 11.1. The summed E-state index contributed by atoms with van der Waals surface area (Å²) in [6.45, 7) is 4.79. The topological polar surface area (TPSA) is 68.0 Å². The van der Waals surface area contributed by atoms with Crippen LogP contribution < -0.4 is 0 Å². The van der Waals surface area contributed by atoms with Crippen LogP contribution in [0.15, 0.2) is 24.7 Å². The molecule has 2 aromatic rings. The van der Waals surface area contributed by atoms with Gasteiger partial charge in [-0.05, 0) is 25.0 Å². The lowest BCUT2D eigenvalue weighted by molar-refractivity contribution is 0.0689. The molecule has 0 atom stereocenters. The summed E-state index contributed by atoms with van der Waals surface area (Å²) >= 11 is 0. The van der Waals surface area contributed by atoms with E-state index < -0.39 is 5.97 Å². The van der Waals surface area contributed by atoms with Crippen LogP contribution in [-0.2, 0) is 6.54 Å². The van der Waals surface area contributed by atoms with Gasteiger partial charge in [0.25, 0.3) is 0 Å². The number of pyridine rings is 1. The molecule has 100 valence electrons. The van der Waals surface area contributed by atoms with E-state index >= 15 is 0 Å². The van der Waals surface area contributed by atoms with Crippen LogP contribution in [0.4, 0.5) is 0 Å². The predicted molar refractivity (Wildman–Crippen MR) is 72.1 cm³/mol. The van der Waals surface area contributed by atoms with Crippen LogP contribution in [0.1, 0.15) is 35.8 Å². The van der Waals surface area contributed by atoms with Crippen molar-refractivity contribution in [1.29, 1.82) is 0 Å². The van der Waals surface area contributed by atoms with Crippen LogP contribution in [0.3, 0.4) is 0 Å². The summed E-state index contributed by atoms with van der Waals surface area (Å²) in [6, 6.07) is 1.83. The first-order chi connectivity index (χ1) is 9.11. The van der Waals surface area contributed by atoms with Crippen LogP contribution in [0.5, 0.6) is 0 Å². The molecular formula is C14H17N3O2. The quantitative estimate of drug-likeness (QED) is 0.896. The standard InChI is InChI=1S/C14H17N3O2/c1-3-4-5-17-9-12(8-16-17)11-6-10(2)13(14(18)19)15-7-11/h6-9H,3-5H2,1-2H3,(H,18,19). The molecule has 2 aromatic heterocycles. The van der Waals surface area contributed by atoms with Crippen molar-refractivity contribution >= 4 is 5.97 Å². The fourth-order valence-electron chi connectivity index (χ4n) is 1.91. The second kappa shape index (κ2) is 5.65. The molecule has 19 heavy (non-hydrogen) atoms. The van der Waals surface area contributed by atoms with E-state index in [9.17, 15) is 4.79 Å². The molecule has 0 aromatic carbocycles. The molecule has 0 saturated carbocycles.